The Bertz CT molecular complexity index is 520. The molecule has 86 valence electrons. The number of hydrogen-bond acceptors (Lipinski definition) is 3. The van der Waals surface area contributed by atoms with Crippen LogP contribution in [0.3, 0.4) is 0 Å². The number of aromatic nitrogens is 1. The molecule has 1 aromatic heterocycles. The quantitative estimate of drug-likeness (QED) is 0.843. The van der Waals surface area contributed by atoms with Gasteiger partial charge in [0.15, 0.2) is 0 Å². The number of ether oxygens (including phenoxy) is 1. The standard InChI is InChI=1S/C13H12N2OS/c1-9-2-4-10(5-3-9)16-11-6-7-12(13(14)17)15-8-11/h2-8H,1H3,(H2,14,17). The van der Waals surface area contributed by atoms with Crippen LogP contribution in [0.15, 0.2) is 42.6 Å². The summed E-state index contributed by atoms with van der Waals surface area (Å²) in [6.07, 6.45) is 1.61. The molecule has 4 heteroatoms. The zero-order chi connectivity index (χ0) is 12.3. The van der Waals surface area contributed by atoms with Gasteiger partial charge in [0.1, 0.15) is 16.5 Å². The van der Waals surface area contributed by atoms with E-state index >= 15 is 0 Å². The van der Waals surface area contributed by atoms with Crippen LogP contribution < -0.4 is 10.5 Å². The summed E-state index contributed by atoms with van der Waals surface area (Å²) in [6, 6.07) is 11.3. The number of pyridine rings is 1. The van der Waals surface area contributed by atoms with Crippen molar-refractivity contribution in [1.82, 2.24) is 4.98 Å². The van der Waals surface area contributed by atoms with Gasteiger partial charge in [-0.3, -0.25) is 0 Å². The lowest BCUT2D eigenvalue weighted by Gasteiger charge is -2.06. The highest BCUT2D eigenvalue weighted by Gasteiger charge is 2.00. The third kappa shape index (κ3) is 3.01. The van der Waals surface area contributed by atoms with Crippen LogP contribution in [0, 0.1) is 6.92 Å². The largest absolute Gasteiger partial charge is 0.456 e. The fourth-order valence-corrected chi connectivity index (χ4v) is 1.45. The van der Waals surface area contributed by atoms with E-state index in [-0.39, 0.29) is 4.99 Å². The van der Waals surface area contributed by atoms with E-state index in [1.54, 1.807) is 18.3 Å². The van der Waals surface area contributed by atoms with Gasteiger partial charge in [-0.2, -0.15) is 0 Å². The minimum absolute atomic E-state index is 0.284. The molecule has 0 atom stereocenters. The first-order chi connectivity index (χ1) is 8.15. The molecular formula is C13H12N2OS. The minimum Gasteiger partial charge on any atom is -0.456 e. The molecule has 0 bridgehead atoms. The van der Waals surface area contributed by atoms with Crippen molar-refractivity contribution in [2.24, 2.45) is 5.73 Å². The molecule has 0 amide bonds. The van der Waals surface area contributed by atoms with Gasteiger partial charge >= 0.3 is 0 Å². The van der Waals surface area contributed by atoms with Crippen LogP contribution in [0.1, 0.15) is 11.3 Å². The van der Waals surface area contributed by atoms with Gasteiger partial charge < -0.3 is 10.5 Å². The molecule has 3 nitrogen and oxygen atoms in total. The first-order valence-electron chi connectivity index (χ1n) is 5.15. The summed E-state index contributed by atoms with van der Waals surface area (Å²) in [7, 11) is 0. The lowest BCUT2D eigenvalue weighted by atomic mass is 10.2. The summed E-state index contributed by atoms with van der Waals surface area (Å²) < 4.78 is 5.62. The van der Waals surface area contributed by atoms with Crippen molar-refractivity contribution in [2.45, 2.75) is 6.92 Å². The van der Waals surface area contributed by atoms with E-state index in [0.717, 1.165) is 5.75 Å². The van der Waals surface area contributed by atoms with Crippen molar-refractivity contribution in [2.75, 3.05) is 0 Å². The lowest BCUT2D eigenvalue weighted by molar-refractivity contribution is 0.480. The highest BCUT2D eigenvalue weighted by molar-refractivity contribution is 7.80. The second-order valence-electron chi connectivity index (χ2n) is 3.66. The lowest BCUT2D eigenvalue weighted by Crippen LogP contribution is -2.10. The van der Waals surface area contributed by atoms with Crippen molar-refractivity contribution in [3.05, 3.63) is 53.9 Å². The second kappa shape index (κ2) is 4.93. The maximum absolute atomic E-state index is 5.62. The number of nitrogens with zero attached hydrogens (tertiary/aromatic N) is 1. The first-order valence-corrected chi connectivity index (χ1v) is 5.56. The number of benzene rings is 1. The molecule has 0 aliphatic heterocycles. The van der Waals surface area contributed by atoms with Crippen LogP contribution in [-0.2, 0) is 0 Å². The van der Waals surface area contributed by atoms with Crippen LogP contribution in [0.2, 0.25) is 0 Å². The first kappa shape index (κ1) is 11.5. The van der Waals surface area contributed by atoms with Crippen molar-refractivity contribution in [3.8, 4) is 11.5 Å². The molecular weight excluding hydrogens is 232 g/mol. The summed E-state index contributed by atoms with van der Waals surface area (Å²) in [5.74, 6) is 1.44. The van der Waals surface area contributed by atoms with Crippen molar-refractivity contribution in [1.29, 1.82) is 0 Å². The van der Waals surface area contributed by atoms with Crippen molar-refractivity contribution in [3.63, 3.8) is 0 Å². The zero-order valence-electron chi connectivity index (χ0n) is 9.38. The molecule has 0 radical (unpaired) electrons. The predicted molar refractivity (Wildman–Crippen MR) is 71.4 cm³/mol. The fraction of sp³-hybridized carbons (Fsp3) is 0.0769. The molecule has 1 heterocycles. The molecule has 0 aliphatic carbocycles. The van der Waals surface area contributed by atoms with E-state index < -0.39 is 0 Å². The fourth-order valence-electron chi connectivity index (χ4n) is 1.33. The number of nitrogens with two attached hydrogens (primary N) is 1. The van der Waals surface area contributed by atoms with Crippen LogP contribution >= 0.6 is 12.2 Å². The summed E-state index contributed by atoms with van der Waals surface area (Å²) >= 11 is 4.82. The van der Waals surface area contributed by atoms with Gasteiger partial charge in [-0.1, -0.05) is 29.9 Å². The highest BCUT2D eigenvalue weighted by atomic mass is 32.1. The second-order valence-corrected chi connectivity index (χ2v) is 4.10. The van der Waals surface area contributed by atoms with Crippen molar-refractivity contribution < 1.29 is 4.74 Å². The summed E-state index contributed by atoms with van der Waals surface area (Å²) in [4.78, 5) is 4.38. The van der Waals surface area contributed by atoms with E-state index in [9.17, 15) is 0 Å². The third-order valence-electron chi connectivity index (χ3n) is 2.25. The van der Waals surface area contributed by atoms with E-state index in [1.165, 1.54) is 5.56 Å². The average Bonchev–Trinajstić information content (AvgIpc) is 2.33. The molecule has 2 rings (SSSR count). The maximum atomic E-state index is 5.62. The molecule has 0 saturated carbocycles. The average molecular weight is 244 g/mol. The minimum atomic E-state index is 0.284. The van der Waals surface area contributed by atoms with Crippen molar-refractivity contribution >= 4 is 17.2 Å². The normalized spacial score (nSPS) is 9.94. The van der Waals surface area contributed by atoms with E-state index in [1.807, 2.05) is 31.2 Å². The van der Waals surface area contributed by atoms with Gasteiger partial charge in [0, 0.05) is 0 Å². The van der Waals surface area contributed by atoms with Crippen LogP contribution in [0.25, 0.3) is 0 Å². The molecule has 1 aromatic carbocycles. The monoisotopic (exact) mass is 244 g/mol. The van der Waals surface area contributed by atoms with Gasteiger partial charge in [0.2, 0.25) is 0 Å². The van der Waals surface area contributed by atoms with E-state index in [0.29, 0.717) is 11.4 Å². The summed E-state index contributed by atoms with van der Waals surface area (Å²) in [5, 5.41) is 0. The smallest absolute Gasteiger partial charge is 0.145 e. The number of aryl methyl sites for hydroxylation is 1. The maximum Gasteiger partial charge on any atom is 0.145 e. The van der Waals surface area contributed by atoms with Gasteiger partial charge in [-0.05, 0) is 31.2 Å². The molecule has 2 N–H and O–H groups in total. The van der Waals surface area contributed by atoms with E-state index in [4.69, 9.17) is 22.7 Å². The molecule has 0 unspecified atom stereocenters. The molecule has 17 heavy (non-hydrogen) atoms. The molecule has 2 aromatic rings. The summed E-state index contributed by atoms with van der Waals surface area (Å²) in [5.41, 5.74) is 7.25. The Kier molecular flexibility index (Phi) is 3.35. The van der Waals surface area contributed by atoms with Gasteiger partial charge in [0.05, 0.1) is 11.9 Å². The Balaban J connectivity index is 2.13. The Morgan fingerprint density at radius 3 is 2.29 bits per heavy atom. The van der Waals surface area contributed by atoms with Crippen LogP contribution in [0.5, 0.6) is 11.5 Å². The SMILES string of the molecule is Cc1ccc(Oc2ccc(C(N)=S)nc2)cc1. The zero-order valence-corrected chi connectivity index (χ0v) is 10.2. The third-order valence-corrected chi connectivity index (χ3v) is 2.45. The molecule has 0 spiro atoms. The van der Waals surface area contributed by atoms with Crippen LogP contribution in [0.4, 0.5) is 0 Å². The van der Waals surface area contributed by atoms with Gasteiger partial charge in [-0.15, -0.1) is 0 Å². The highest BCUT2D eigenvalue weighted by Crippen LogP contribution is 2.20. The van der Waals surface area contributed by atoms with E-state index in [2.05, 4.69) is 4.98 Å². The van der Waals surface area contributed by atoms with Crippen LogP contribution in [-0.4, -0.2) is 9.97 Å². The van der Waals surface area contributed by atoms with Gasteiger partial charge in [-0.25, -0.2) is 4.98 Å². The predicted octanol–water partition coefficient (Wildman–Crippen LogP) is 2.82. The number of hydrogen-bond donors (Lipinski definition) is 1. The molecule has 0 fully saturated rings. The topological polar surface area (TPSA) is 48.1 Å². The molecule has 0 aliphatic rings. The number of rotatable bonds is 3. The molecule has 0 saturated heterocycles. The Labute approximate surface area is 105 Å². The Hall–Kier alpha value is -1.94. The Morgan fingerprint density at radius 2 is 1.76 bits per heavy atom. The summed E-state index contributed by atoms with van der Waals surface area (Å²) in [6.45, 7) is 2.03. The number of thiocarbonyl (C=S) groups is 1. The Morgan fingerprint density at radius 1 is 1.12 bits per heavy atom. The van der Waals surface area contributed by atoms with Gasteiger partial charge in [0.25, 0.3) is 0 Å².